The Kier molecular flexibility index (Phi) is 7.78. The first-order valence-electron chi connectivity index (χ1n) is 10.5. The fourth-order valence-electron chi connectivity index (χ4n) is 3.25. The molecule has 1 aliphatic heterocycles. The summed E-state index contributed by atoms with van der Waals surface area (Å²) in [5, 5.41) is 2.05. The van der Waals surface area contributed by atoms with Gasteiger partial charge in [-0.3, -0.25) is 9.69 Å². The lowest BCUT2D eigenvalue weighted by atomic mass is 10.2. The maximum Gasteiger partial charge on any atom is 0.271 e. The van der Waals surface area contributed by atoms with Gasteiger partial charge in [-0.2, -0.15) is 0 Å². The van der Waals surface area contributed by atoms with Crippen LogP contribution in [0.15, 0.2) is 64.5 Å². The van der Waals surface area contributed by atoms with Crippen LogP contribution in [-0.4, -0.2) is 17.7 Å². The lowest BCUT2D eigenvalue weighted by Gasteiger charge is -2.16. The zero-order valence-electron chi connectivity index (χ0n) is 18.8. The van der Waals surface area contributed by atoms with Gasteiger partial charge in [0.25, 0.3) is 5.91 Å². The number of carbonyl (C=O) groups is 1. The van der Waals surface area contributed by atoms with Crippen LogP contribution in [0.25, 0.3) is 6.08 Å². The summed E-state index contributed by atoms with van der Waals surface area (Å²) < 4.78 is 5.42. The number of halogens is 3. The van der Waals surface area contributed by atoms with E-state index in [1.165, 1.54) is 11.8 Å². The first-order valence-corrected chi connectivity index (χ1v) is 12.4. The topological polar surface area (TPSA) is 41.9 Å². The summed E-state index contributed by atoms with van der Waals surface area (Å²) in [5.74, 6) is 2.66. The average Bonchev–Trinajstić information content (AvgIpc) is 3.12. The van der Waals surface area contributed by atoms with Crippen molar-refractivity contribution in [3.05, 3.63) is 91.3 Å². The van der Waals surface area contributed by atoms with E-state index in [2.05, 4.69) is 5.92 Å². The van der Waals surface area contributed by atoms with Gasteiger partial charge in [0.2, 0.25) is 0 Å². The third kappa shape index (κ3) is 5.69. The van der Waals surface area contributed by atoms with Crippen LogP contribution < -0.4 is 9.64 Å². The molecule has 0 radical (unpaired) electrons. The van der Waals surface area contributed by atoms with Gasteiger partial charge in [-0.1, -0.05) is 58.9 Å². The molecule has 1 aliphatic rings. The van der Waals surface area contributed by atoms with Crippen molar-refractivity contribution in [1.29, 1.82) is 0 Å². The molecular weight excluding hydrogens is 523 g/mol. The zero-order chi connectivity index (χ0) is 25.1. The van der Waals surface area contributed by atoms with E-state index in [-0.39, 0.29) is 12.5 Å². The second-order valence-corrected chi connectivity index (χ2v) is 9.93. The molecule has 4 rings (SSSR count). The van der Waals surface area contributed by atoms with E-state index in [4.69, 9.17) is 51.0 Å². The van der Waals surface area contributed by atoms with E-state index < -0.39 is 0 Å². The first kappa shape index (κ1) is 25.2. The van der Waals surface area contributed by atoms with Crippen LogP contribution in [0.2, 0.25) is 15.1 Å². The molecule has 0 aromatic heterocycles. The first-order chi connectivity index (χ1) is 16.8. The Bertz CT molecular complexity index is 1430. The number of aryl methyl sites for hydroxylation is 2. The highest BCUT2D eigenvalue weighted by molar-refractivity contribution is 8.19. The maximum absolute atomic E-state index is 13.5. The fraction of sp³-hybridized carbons (Fsp3) is 0.111. The molecule has 1 fully saturated rings. The van der Waals surface area contributed by atoms with Crippen molar-refractivity contribution in [2.45, 2.75) is 13.8 Å². The molecule has 3 aromatic carbocycles. The number of hydrogen-bond donors (Lipinski definition) is 0. The van der Waals surface area contributed by atoms with Crippen molar-refractivity contribution in [2.24, 2.45) is 4.99 Å². The standard InChI is InChI=1S/C27H19Cl3N2O2S/c1-4-11-34-24-10-7-18(12-23(24)30)13-25-26(33)32(20-9-6-17(3)22(29)15-20)27(35-25)31-19-8-5-16(2)21(28)14-19/h1,5-10,12-15H,11H2,2-3H3/b25-13+,31-27?. The molecule has 4 nitrogen and oxygen atoms in total. The largest absolute Gasteiger partial charge is 0.479 e. The third-order valence-electron chi connectivity index (χ3n) is 5.16. The predicted octanol–water partition coefficient (Wildman–Crippen LogP) is 8.08. The van der Waals surface area contributed by atoms with Crippen LogP contribution >= 0.6 is 46.6 Å². The number of ether oxygens (including phenoxy) is 1. The number of amidine groups is 1. The van der Waals surface area contributed by atoms with Gasteiger partial charge in [-0.25, -0.2) is 4.99 Å². The Morgan fingerprint density at radius 2 is 1.71 bits per heavy atom. The van der Waals surface area contributed by atoms with Crippen LogP contribution in [0.4, 0.5) is 11.4 Å². The lowest BCUT2D eigenvalue weighted by molar-refractivity contribution is -0.113. The number of nitrogens with zero attached hydrogens (tertiary/aromatic N) is 2. The Hall–Kier alpha value is -2.88. The van der Waals surface area contributed by atoms with Crippen molar-refractivity contribution in [3.8, 4) is 18.1 Å². The second-order valence-electron chi connectivity index (χ2n) is 7.70. The number of terminal acetylenes is 1. The number of thioether (sulfide) groups is 1. The van der Waals surface area contributed by atoms with Crippen molar-refractivity contribution < 1.29 is 9.53 Å². The van der Waals surface area contributed by atoms with Gasteiger partial charge in [0.1, 0.15) is 12.4 Å². The van der Waals surface area contributed by atoms with Crippen molar-refractivity contribution >= 4 is 75.1 Å². The SMILES string of the molecule is C#CCOc1ccc(/C=C2/SC(=Nc3ccc(C)c(Cl)c3)N(c3ccc(C)c(Cl)c3)C2=O)cc1Cl. The molecule has 0 aliphatic carbocycles. The number of rotatable bonds is 5. The number of carbonyl (C=O) groups excluding carboxylic acids is 1. The highest BCUT2D eigenvalue weighted by Crippen LogP contribution is 2.39. The minimum absolute atomic E-state index is 0.116. The van der Waals surface area contributed by atoms with Gasteiger partial charge in [0, 0.05) is 10.0 Å². The Morgan fingerprint density at radius 1 is 1.00 bits per heavy atom. The summed E-state index contributed by atoms with van der Waals surface area (Å²) in [6.45, 7) is 3.94. The highest BCUT2D eigenvalue weighted by atomic mass is 35.5. The summed E-state index contributed by atoms with van der Waals surface area (Å²) in [4.78, 5) is 20.3. The molecule has 176 valence electrons. The summed E-state index contributed by atoms with van der Waals surface area (Å²) in [7, 11) is 0. The molecule has 0 spiro atoms. The van der Waals surface area contributed by atoms with Gasteiger partial charge in [0.15, 0.2) is 5.17 Å². The van der Waals surface area contributed by atoms with Gasteiger partial charge < -0.3 is 4.74 Å². The van der Waals surface area contributed by atoms with E-state index >= 15 is 0 Å². The fourth-order valence-corrected chi connectivity index (χ4v) is 4.85. The monoisotopic (exact) mass is 540 g/mol. The second kappa shape index (κ2) is 10.8. The third-order valence-corrected chi connectivity index (χ3v) is 7.24. The molecule has 3 aromatic rings. The van der Waals surface area contributed by atoms with Gasteiger partial charge >= 0.3 is 0 Å². The van der Waals surface area contributed by atoms with Crippen molar-refractivity contribution in [1.82, 2.24) is 0 Å². The predicted molar refractivity (Wildman–Crippen MR) is 148 cm³/mol. The number of hydrogen-bond acceptors (Lipinski definition) is 4. The molecule has 1 saturated heterocycles. The van der Waals surface area contributed by atoms with E-state index in [1.807, 2.05) is 38.1 Å². The molecular formula is C27H19Cl3N2O2S. The van der Waals surface area contributed by atoms with Gasteiger partial charge in [-0.05, 0) is 84.8 Å². The number of amides is 1. The van der Waals surface area contributed by atoms with Crippen LogP contribution in [0, 0.1) is 26.2 Å². The molecule has 0 N–H and O–H groups in total. The summed E-state index contributed by atoms with van der Waals surface area (Å²) in [5.41, 5.74) is 3.85. The minimum Gasteiger partial charge on any atom is -0.479 e. The minimum atomic E-state index is -0.226. The Labute approximate surface area is 223 Å². The number of aliphatic imine (C=N–C) groups is 1. The van der Waals surface area contributed by atoms with E-state index in [0.717, 1.165) is 16.7 Å². The molecule has 35 heavy (non-hydrogen) atoms. The quantitative estimate of drug-likeness (QED) is 0.242. The van der Waals surface area contributed by atoms with E-state index in [9.17, 15) is 4.79 Å². The average molecular weight is 542 g/mol. The smallest absolute Gasteiger partial charge is 0.271 e. The summed E-state index contributed by atoms with van der Waals surface area (Å²) in [6, 6.07) is 16.2. The highest BCUT2D eigenvalue weighted by Gasteiger charge is 2.35. The Morgan fingerprint density at radius 3 is 2.37 bits per heavy atom. The summed E-state index contributed by atoms with van der Waals surface area (Å²) >= 11 is 20.2. The lowest BCUT2D eigenvalue weighted by Crippen LogP contribution is -2.28. The molecule has 1 amide bonds. The van der Waals surface area contributed by atoms with Crippen LogP contribution in [0.5, 0.6) is 5.75 Å². The van der Waals surface area contributed by atoms with E-state index in [0.29, 0.717) is 42.3 Å². The summed E-state index contributed by atoms with van der Waals surface area (Å²) in [6.07, 6.45) is 7.00. The zero-order valence-corrected chi connectivity index (χ0v) is 21.9. The van der Waals surface area contributed by atoms with E-state index in [1.54, 1.807) is 41.3 Å². The molecule has 0 bridgehead atoms. The molecule has 0 saturated carbocycles. The number of benzene rings is 3. The maximum atomic E-state index is 13.5. The molecule has 8 heteroatoms. The Balaban J connectivity index is 1.75. The van der Waals surface area contributed by atoms with Gasteiger partial charge in [-0.15, -0.1) is 6.42 Å². The van der Waals surface area contributed by atoms with Gasteiger partial charge in [0.05, 0.1) is 21.3 Å². The van der Waals surface area contributed by atoms with Crippen LogP contribution in [0.3, 0.4) is 0 Å². The van der Waals surface area contributed by atoms with Crippen molar-refractivity contribution in [2.75, 3.05) is 11.5 Å². The molecule has 0 unspecified atom stereocenters. The van der Waals surface area contributed by atoms with Crippen molar-refractivity contribution in [3.63, 3.8) is 0 Å². The van der Waals surface area contributed by atoms with Crippen LogP contribution in [-0.2, 0) is 4.79 Å². The molecule has 0 atom stereocenters. The molecule has 1 heterocycles. The normalized spacial score (nSPS) is 15.7. The van der Waals surface area contributed by atoms with Crippen LogP contribution in [0.1, 0.15) is 16.7 Å². The number of anilines is 1.